The maximum atomic E-state index is 3.61. The van der Waals surface area contributed by atoms with Crippen LogP contribution in [-0.4, -0.2) is 0 Å². The van der Waals surface area contributed by atoms with Crippen LogP contribution in [0.3, 0.4) is 0 Å². The van der Waals surface area contributed by atoms with Crippen molar-refractivity contribution < 1.29 is 0 Å². The molecule has 1 atom stereocenters. The Labute approximate surface area is 142 Å². The first kappa shape index (κ1) is 16.3. The molecule has 1 unspecified atom stereocenters. The molecule has 0 spiro atoms. The predicted molar refractivity (Wildman–Crippen MR) is 101 cm³/mol. The van der Waals surface area contributed by atoms with Crippen molar-refractivity contribution in [1.29, 1.82) is 0 Å². The standard InChI is InChI=1S/C19H24IN/c1-4-5-6-16-7-9-17(10-8-16)15(3)21-19-12-11-18(20)13-14(19)2/h7-13,15,21H,4-6H2,1-3H3. The molecule has 0 radical (unpaired) electrons. The lowest BCUT2D eigenvalue weighted by atomic mass is 10.0. The van der Waals surface area contributed by atoms with Gasteiger partial charge in [0.05, 0.1) is 0 Å². The molecule has 0 saturated carbocycles. The van der Waals surface area contributed by atoms with Crippen LogP contribution in [0.1, 0.15) is 49.4 Å². The monoisotopic (exact) mass is 393 g/mol. The molecule has 0 aliphatic heterocycles. The van der Waals surface area contributed by atoms with Crippen LogP contribution in [0.5, 0.6) is 0 Å². The Bertz CT molecular complexity index is 575. The molecule has 2 aromatic rings. The number of halogens is 1. The van der Waals surface area contributed by atoms with E-state index in [1.165, 1.54) is 45.2 Å². The van der Waals surface area contributed by atoms with Gasteiger partial charge in [-0.15, -0.1) is 0 Å². The zero-order valence-corrected chi connectivity index (χ0v) is 15.3. The van der Waals surface area contributed by atoms with Crippen LogP contribution in [-0.2, 0) is 6.42 Å². The lowest BCUT2D eigenvalue weighted by Gasteiger charge is -2.18. The van der Waals surface area contributed by atoms with E-state index in [1.807, 2.05) is 0 Å². The molecule has 2 heteroatoms. The molecule has 0 aliphatic carbocycles. The van der Waals surface area contributed by atoms with Crippen LogP contribution in [0.15, 0.2) is 42.5 Å². The van der Waals surface area contributed by atoms with Crippen molar-refractivity contribution in [2.24, 2.45) is 0 Å². The molecule has 112 valence electrons. The Morgan fingerprint density at radius 2 is 1.81 bits per heavy atom. The van der Waals surface area contributed by atoms with Gasteiger partial charge in [-0.05, 0) is 84.2 Å². The van der Waals surface area contributed by atoms with Crippen molar-refractivity contribution in [1.82, 2.24) is 0 Å². The van der Waals surface area contributed by atoms with E-state index in [4.69, 9.17) is 0 Å². The molecule has 0 amide bonds. The Kier molecular flexibility index (Phi) is 6.09. The van der Waals surface area contributed by atoms with Gasteiger partial charge in [-0.25, -0.2) is 0 Å². The minimum Gasteiger partial charge on any atom is -0.378 e. The first-order valence-corrected chi connectivity index (χ1v) is 8.79. The first-order chi connectivity index (χ1) is 10.1. The average molecular weight is 393 g/mol. The lowest BCUT2D eigenvalue weighted by molar-refractivity contribution is 0.793. The molecule has 1 N–H and O–H groups in total. The Morgan fingerprint density at radius 3 is 2.43 bits per heavy atom. The Hall–Kier alpha value is -1.03. The Morgan fingerprint density at radius 1 is 1.10 bits per heavy atom. The van der Waals surface area contributed by atoms with Gasteiger partial charge in [0, 0.05) is 15.3 Å². The smallest absolute Gasteiger partial charge is 0.0485 e. The SMILES string of the molecule is CCCCc1ccc(C(C)Nc2ccc(I)cc2C)cc1. The van der Waals surface area contributed by atoms with Gasteiger partial charge in [0.2, 0.25) is 0 Å². The molecule has 0 aliphatic rings. The van der Waals surface area contributed by atoms with Crippen molar-refractivity contribution >= 4 is 28.3 Å². The summed E-state index contributed by atoms with van der Waals surface area (Å²) in [4.78, 5) is 0. The molecule has 0 saturated heterocycles. The molecule has 0 aromatic heterocycles. The third kappa shape index (κ3) is 4.73. The summed E-state index contributed by atoms with van der Waals surface area (Å²) in [6, 6.07) is 15.9. The predicted octanol–water partition coefficient (Wildman–Crippen LogP) is 6.12. The quantitative estimate of drug-likeness (QED) is 0.584. The summed E-state index contributed by atoms with van der Waals surface area (Å²) in [6.07, 6.45) is 3.72. The second-order valence-corrected chi connectivity index (χ2v) is 6.92. The van der Waals surface area contributed by atoms with E-state index in [2.05, 4.69) is 91.1 Å². The number of anilines is 1. The van der Waals surface area contributed by atoms with Gasteiger partial charge in [-0.3, -0.25) is 0 Å². The van der Waals surface area contributed by atoms with E-state index in [0.29, 0.717) is 6.04 Å². The second-order valence-electron chi connectivity index (χ2n) is 5.67. The molecular weight excluding hydrogens is 369 g/mol. The van der Waals surface area contributed by atoms with Gasteiger partial charge in [0.1, 0.15) is 0 Å². The summed E-state index contributed by atoms with van der Waals surface area (Å²) in [6.45, 7) is 6.62. The highest BCUT2D eigenvalue weighted by atomic mass is 127. The van der Waals surface area contributed by atoms with E-state index in [9.17, 15) is 0 Å². The second kappa shape index (κ2) is 7.83. The average Bonchev–Trinajstić information content (AvgIpc) is 2.48. The van der Waals surface area contributed by atoms with E-state index >= 15 is 0 Å². The van der Waals surface area contributed by atoms with E-state index < -0.39 is 0 Å². The highest BCUT2D eigenvalue weighted by molar-refractivity contribution is 14.1. The zero-order chi connectivity index (χ0) is 15.2. The molecule has 0 fully saturated rings. The number of benzene rings is 2. The molecule has 1 nitrogen and oxygen atoms in total. The number of aryl methyl sites for hydroxylation is 2. The maximum Gasteiger partial charge on any atom is 0.0485 e. The summed E-state index contributed by atoms with van der Waals surface area (Å²) < 4.78 is 1.28. The number of hydrogen-bond acceptors (Lipinski definition) is 1. The summed E-state index contributed by atoms with van der Waals surface area (Å²) in [5.74, 6) is 0. The van der Waals surface area contributed by atoms with Gasteiger partial charge in [0.25, 0.3) is 0 Å². The van der Waals surface area contributed by atoms with E-state index in [-0.39, 0.29) is 0 Å². The van der Waals surface area contributed by atoms with Crippen LogP contribution in [0.4, 0.5) is 5.69 Å². The molecule has 2 rings (SSSR count). The number of hydrogen-bond donors (Lipinski definition) is 1. The third-order valence-corrected chi connectivity index (χ3v) is 4.53. The maximum absolute atomic E-state index is 3.61. The van der Waals surface area contributed by atoms with Crippen LogP contribution in [0, 0.1) is 10.5 Å². The van der Waals surface area contributed by atoms with Crippen molar-refractivity contribution in [3.63, 3.8) is 0 Å². The fourth-order valence-corrected chi connectivity index (χ4v) is 3.11. The largest absolute Gasteiger partial charge is 0.378 e. The fourth-order valence-electron chi connectivity index (χ4n) is 2.46. The minimum absolute atomic E-state index is 0.323. The molecule has 0 bridgehead atoms. The summed E-state index contributed by atoms with van der Waals surface area (Å²) in [7, 11) is 0. The molecule has 21 heavy (non-hydrogen) atoms. The van der Waals surface area contributed by atoms with Crippen LogP contribution >= 0.6 is 22.6 Å². The van der Waals surface area contributed by atoms with Gasteiger partial charge < -0.3 is 5.32 Å². The topological polar surface area (TPSA) is 12.0 Å². The van der Waals surface area contributed by atoms with Crippen molar-refractivity contribution in [3.05, 3.63) is 62.7 Å². The van der Waals surface area contributed by atoms with Crippen molar-refractivity contribution in [2.75, 3.05) is 5.32 Å². The molecule has 0 heterocycles. The molecular formula is C19H24IN. The van der Waals surface area contributed by atoms with E-state index in [1.54, 1.807) is 0 Å². The van der Waals surface area contributed by atoms with Gasteiger partial charge in [-0.2, -0.15) is 0 Å². The normalized spacial score (nSPS) is 12.2. The van der Waals surface area contributed by atoms with Crippen molar-refractivity contribution in [2.45, 2.75) is 46.1 Å². The van der Waals surface area contributed by atoms with E-state index in [0.717, 1.165) is 0 Å². The van der Waals surface area contributed by atoms with Gasteiger partial charge in [-0.1, -0.05) is 37.6 Å². The summed E-state index contributed by atoms with van der Waals surface area (Å²) >= 11 is 2.35. The number of rotatable bonds is 6. The number of nitrogens with one attached hydrogen (secondary N) is 1. The Balaban J connectivity index is 2.04. The van der Waals surface area contributed by atoms with Crippen LogP contribution in [0.2, 0.25) is 0 Å². The lowest BCUT2D eigenvalue weighted by Crippen LogP contribution is -2.07. The minimum atomic E-state index is 0.323. The van der Waals surface area contributed by atoms with Gasteiger partial charge >= 0.3 is 0 Å². The highest BCUT2D eigenvalue weighted by Crippen LogP contribution is 2.24. The molecule has 2 aromatic carbocycles. The van der Waals surface area contributed by atoms with Crippen LogP contribution < -0.4 is 5.32 Å². The zero-order valence-electron chi connectivity index (χ0n) is 13.1. The first-order valence-electron chi connectivity index (χ1n) is 7.71. The number of unbranched alkanes of at least 4 members (excludes halogenated alkanes) is 1. The fraction of sp³-hybridized carbons (Fsp3) is 0.368. The summed E-state index contributed by atoms with van der Waals surface area (Å²) in [5.41, 5.74) is 5.30. The third-order valence-electron chi connectivity index (χ3n) is 3.86. The van der Waals surface area contributed by atoms with Crippen LogP contribution in [0.25, 0.3) is 0 Å². The summed E-state index contributed by atoms with van der Waals surface area (Å²) in [5, 5.41) is 3.61. The van der Waals surface area contributed by atoms with Gasteiger partial charge in [0.15, 0.2) is 0 Å². The highest BCUT2D eigenvalue weighted by Gasteiger charge is 2.07. The van der Waals surface area contributed by atoms with Crippen molar-refractivity contribution in [3.8, 4) is 0 Å².